The maximum Gasteiger partial charge on any atom is 0.328 e. The minimum Gasteiger partial charge on any atom is -0.469 e. The maximum atomic E-state index is 13.4. The molecule has 0 bridgehead atoms. The van der Waals surface area contributed by atoms with Crippen molar-refractivity contribution in [1.29, 1.82) is 0 Å². The van der Waals surface area contributed by atoms with Crippen LogP contribution in [0.3, 0.4) is 0 Å². The summed E-state index contributed by atoms with van der Waals surface area (Å²) in [6.45, 7) is 2.79. The van der Waals surface area contributed by atoms with Gasteiger partial charge in [0.25, 0.3) is 0 Å². The molecule has 0 heterocycles. The van der Waals surface area contributed by atoms with Gasteiger partial charge in [-0.25, -0.2) is 9.18 Å². The fourth-order valence-corrected chi connectivity index (χ4v) is 2.63. The lowest BCUT2D eigenvalue weighted by atomic mass is 10.0. The van der Waals surface area contributed by atoms with Crippen molar-refractivity contribution in [2.75, 3.05) is 14.2 Å². The van der Waals surface area contributed by atoms with Crippen molar-refractivity contribution < 1.29 is 33.0 Å². The number of nitrogens with one attached hydrogen (secondary N) is 2. The van der Waals surface area contributed by atoms with E-state index >= 15 is 0 Å². The molecule has 0 spiro atoms. The Morgan fingerprint density at radius 2 is 1.68 bits per heavy atom. The van der Waals surface area contributed by atoms with E-state index in [2.05, 4.69) is 20.1 Å². The Bertz CT molecular complexity index is 724. The van der Waals surface area contributed by atoms with Crippen molar-refractivity contribution in [3.8, 4) is 0 Å². The molecule has 2 amide bonds. The fraction of sp³-hybridized carbons (Fsp3) is 0.474. The van der Waals surface area contributed by atoms with Gasteiger partial charge in [-0.15, -0.1) is 0 Å². The highest BCUT2D eigenvalue weighted by atomic mass is 19.1. The zero-order valence-corrected chi connectivity index (χ0v) is 16.3. The van der Waals surface area contributed by atoms with Gasteiger partial charge in [0.05, 0.1) is 20.1 Å². The molecule has 0 aliphatic rings. The molecule has 1 rings (SSSR count). The first-order valence-electron chi connectivity index (χ1n) is 8.65. The largest absolute Gasteiger partial charge is 0.469 e. The molecule has 0 unspecified atom stereocenters. The Balaban J connectivity index is 2.95. The van der Waals surface area contributed by atoms with Crippen molar-refractivity contribution in [3.05, 3.63) is 35.6 Å². The summed E-state index contributed by atoms with van der Waals surface area (Å²) in [5.74, 6) is -3.55. The van der Waals surface area contributed by atoms with Crippen LogP contribution in [0.2, 0.25) is 0 Å². The standard InChI is InChI=1S/C19H25FN2O6/c1-11(18(25)27-3)8-16(19(26)28-4)22-17(24)15(21-12(2)23)10-13-6-5-7-14(20)9-13/h5-7,9,11,15-16H,8,10H2,1-4H3,(H,21,23)(H,22,24)/t11-,15+,16+/m0/s1. The first-order chi connectivity index (χ1) is 13.2. The van der Waals surface area contributed by atoms with E-state index in [0.29, 0.717) is 5.56 Å². The topological polar surface area (TPSA) is 111 Å². The number of ether oxygens (including phenoxy) is 2. The summed E-state index contributed by atoms with van der Waals surface area (Å²) in [7, 11) is 2.37. The summed E-state index contributed by atoms with van der Waals surface area (Å²) in [6.07, 6.45) is -0.0263. The number of hydrogen-bond donors (Lipinski definition) is 2. The highest BCUT2D eigenvalue weighted by Crippen LogP contribution is 2.11. The summed E-state index contributed by atoms with van der Waals surface area (Å²) in [4.78, 5) is 47.8. The smallest absolute Gasteiger partial charge is 0.328 e. The molecule has 3 atom stereocenters. The van der Waals surface area contributed by atoms with Crippen LogP contribution in [0.4, 0.5) is 4.39 Å². The average Bonchev–Trinajstić information content (AvgIpc) is 2.65. The number of esters is 2. The van der Waals surface area contributed by atoms with E-state index in [1.165, 1.54) is 32.2 Å². The number of benzene rings is 1. The van der Waals surface area contributed by atoms with Gasteiger partial charge in [-0.3, -0.25) is 14.4 Å². The van der Waals surface area contributed by atoms with Crippen molar-refractivity contribution in [1.82, 2.24) is 10.6 Å². The van der Waals surface area contributed by atoms with E-state index in [1.54, 1.807) is 13.0 Å². The molecule has 9 heteroatoms. The Morgan fingerprint density at radius 3 is 2.21 bits per heavy atom. The maximum absolute atomic E-state index is 13.4. The molecule has 0 radical (unpaired) electrons. The van der Waals surface area contributed by atoms with Crippen LogP contribution >= 0.6 is 0 Å². The third-order valence-corrected chi connectivity index (χ3v) is 4.02. The second-order valence-corrected chi connectivity index (χ2v) is 6.33. The molecule has 0 aromatic heterocycles. The molecule has 0 saturated carbocycles. The van der Waals surface area contributed by atoms with Crippen LogP contribution in [-0.4, -0.2) is 50.1 Å². The predicted molar refractivity (Wildman–Crippen MR) is 97.5 cm³/mol. The number of rotatable bonds is 9. The average molecular weight is 396 g/mol. The van der Waals surface area contributed by atoms with Crippen LogP contribution in [0.5, 0.6) is 0 Å². The highest BCUT2D eigenvalue weighted by Gasteiger charge is 2.30. The van der Waals surface area contributed by atoms with Gasteiger partial charge < -0.3 is 20.1 Å². The highest BCUT2D eigenvalue weighted by molar-refractivity contribution is 5.90. The van der Waals surface area contributed by atoms with E-state index in [0.717, 1.165) is 7.11 Å². The van der Waals surface area contributed by atoms with Gasteiger partial charge in [0.15, 0.2) is 0 Å². The van der Waals surface area contributed by atoms with Gasteiger partial charge >= 0.3 is 11.9 Å². The molecule has 2 N–H and O–H groups in total. The molecule has 1 aromatic rings. The van der Waals surface area contributed by atoms with Crippen molar-refractivity contribution in [2.45, 2.75) is 38.8 Å². The zero-order valence-electron chi connectivity index (χ0n) is 16.3. The fourth-order valence-electron chi connectivity index (χ4n) is 2.63. The van der Waals surface area contributed by atoms with Crippen LogP contribution in [-0.2, 0) is 35.1 Å². The van der Waals surface area contributed by atoms with E-state index in [-0.39, 0.29) is 12.8 Å². The SMILES string of the molecule is COC(=O)[C@@H](C)C[C@@H](NC(=O)[C@@H](Cc1cccc(F)c1)NC(C)=O)C(=O)OC. The van der Waals surface area contributed by atoms with Gasteiger partial charge in [0.1, 0.15) is 17.9 Å². The minimum atomic E-state index is -1.12. The van der Waals surface area contributed by atoms with Crippen LogP contribution in [0.1, 0.15) is 25.8 Å². The van der Waals surface area contributed by atoms with E-state index < -0.39 is 47.6 Å². The van der Waals surface area contributed by atoms with Crippen LogP contribution in [0.25, 0.3) is 0 Å². The number of carbonyl (C=O) groups is 4. The Labute approximate surface area is 162 Å². The first-order valence-corrected chi connectivity index (χ1v) is 8.65. The number of carbonyl (C=O) groups excluding carboxylic acids is 4. The van der Waals surface area contributed by atoms with Gasteiger partial charge in [0, 0.05) is 13.3 Å². The number of halogens is 1. The summed E-state index contributed by atoms with van der Waals surface area (Å²) >= 11 is 0. The van der Waals surface area contributed by atoms with Crippen LogP contribution in [0, 0.1) is 11.7 Å². The molecule has 8 nitrogen and oxygen atoms in total. The summed E-state index contributed by atoms with van der Waals surface area (Å²) in [5, 5.41) is 4.97. The summed E-state index contributed by atoms with van der Waals surface area (Å²) in [5.41, 5.74) is 0.492. The van der Waals surface area contributed by atoms with Crippen LogP contribution < -0.4 is 10.6 Å². The minimum absolute atomic E-state index is 0.0175. The number of hydrogen-bond acceptors (Lipinski definition) is 6. The Morgan fingerprint density at radius 1 is 1.04 bits per heavy atom. The molecule has 1 aromatic carbocycles. The molecule has 0 aliphatic heterocycles. The van der Waals surface area contributed by atoms with Crippen molar-refractivity contribution in [2.24, 2.45) is 5.92 Å². The van der Waals surface area contributed by atoms with E-state index in [9.17, 15) is 23.6 Å². The lowest BCUT2D eigenvalue weighted by Crippen LogP contribution is -2.53. The van der Waals surface area contributed by atoms with Gasteiger partial charge in [-0.2, -0.15) is 0 Å². The first kappa shape index (κ1) is 23.1. The lowest BCUT2D eigenvalue weighted by molar-refractivity contribution is -0.149. The third kappa shape index (κ3) is 7.34. The Hall–Kier alpha value is -2.97. The zero-order chi connectivity index (χ0) is 21.3. The number of methoxy groups -OCH3 is 2. The molecule has 0 fully saturated rings. The monoisotopic (exact) mass is 396 g/mol. The molecule has 0 aliphatic carbocycles. The van der Waals surface area contributed by atoms with E-state index in [1.807, 2.05) is 0 Å². The molecular weight excluding hydrogens is 371 g/mol. The molecular formula is C19H25FN2O6. The summed E-state index contributed by atoms with van der Waals surface area (Å²) in [6, 6.07) is 3.46. The van der Waals surface area contributed by atoms with Crippen molar-refractivity contribution in [3.63, 3.8) is 0 Å². The Kier molecular flexibility index (Phi) is 9.07. The molecule has 154 valence electrons. The molecule has 0 saturated heterocycles. The van der Waals surface area contributed by atoms with Crippen LogP contribution in [0.15, 0.2) is 24.3 Å². The van der Waals surface area contributed by atoms with E-state index in [4.69, 9.17) is 0 Å². The second kappa shape index (κ2) is 11.0. The quantitative estimate of drug-likeness (QED) is 0.596. The normalized spacial score (nSPS) is 13.6. The van der Waals surface area contributed by atoms with Gasteiger partial charge in [-0.05, 0) is 24.1 Å². The predicted octanol–water partition coefficient (Wildman–Crippen LogP) is 0.730. The molecule has 28 heavy (non-hydrogen) atoms. The lowest BCUT2D eigenvalue weighted by Gasteiger charge is -2.23. The number of amides is 2. The third-order valence-electron chi connectivity index (χ3n) is 4.02. The van der Waals surface area contributed by atoms with Gasteiger partial charge in [0.2, 0.25) is 11.8 Å². The van der Waals surface area contributed by atoms with Gasteiger partial charge in [-0.1, -0.05) is 19.1 Å². The second-order valence-electron chi connectivity index (χ2n) is 6.33. The summed E-state index contributed by atoms with van der Waals surface area (Å²) < 4.78 is 22.7. The van der Waals surface area contributed by atoms with Crippen molar-refractivity contribution >= 4 is 23.8 Å².